The Hall–Kier alpha value is -4.92. The highest BCUT2D eigenvalue weighted by Crippen LogP contribution is 2.51. The zero-order valence-electron chi connectivity index (χ0n) is 22.8. The number of aliphatic hydroxyl groups excluding tert-OH is 1. The molecule has 0 spiro atoms. The van der Waals surface area contributed by atoms with Crippen molar-refractivity contribution in [2.75, 3.05) is 13.2 Å². The predicted octanol–water partition coefficient (Wildman–Crippen LogP) is 9.30. The minimum absolute atomic E-state index is 0.0214. The smallest absolute Gasteiger partial charge is 0.127 e. The van der Waals surface area contributed by atoms with Crippen LogP contribution in [0, 0.1) is 0 Å². The molecule has 6 aromatic carbocycles. The lowest BCUT2D eigenvalue weighted by Crippen LogP contribution is -2.03. The Labute approximate surface area is 241 Å². The van der Waals surface area contributed by atoms with E-state index < -0.39 is 0 Å². The maximum atomic E-state index is 9.41. The number of hydrogen-bond acceptors (Lipinski definition) is 2. The largest absolute Gasteiger partial charge is 0.491 e. The van der Waals surface area contributed by atoms with E-state index in [1.807, 2.05) is 24.3 Å². The van der Waals surface area contributed by atoms with E-state index in [9.17, 15) is 5.11 Å². The summed E-state index contributed by atoms with van der Waals surface area (Å²) in [6, 6.07) is 49.5. The summed E-state index contributed by atoms with van der Waals surface area (Å²) < 4.78 is 5.97. The molecule has 7 rings (SSSR count). The summed E-state index contributed by atoms with van der Waals surface area (Å²) in [6.07, 6.45) is 0.880. The Bertz CT molecular complexity index is 1820. The van der Waals surface area contributed by atoms with Gasteiger partial charge in [0.1, 0.15) is 12.4 Å². The van der Waals surface area contributed by atoms with Crippen LogP contribution in [-0.2, 0) is 6.42 Å². The maximum Gasteiger partial charge on any atom is 0.127 e. The molecule has 0 unspecified atom stereocenters. The van der Waals surface area contributed by atoms with Crippen LogP contribution in [0.15, 0.2) is 140 Å². The van der Waals surface area contributed by atoms with Crippen molar-refractivity contribution in [3.8, 4) is 61.4 Å². The predicted molar refractivity (Wildman–Crippen MR) is 169 cm³/mol. The SMILES string of the molecule is OCCOc1ccc(-c2ccc(-c3ccccc3)c3c2Cc2cccc(-c4ccccc4)c2-3)cc1-c1ccccc1. The van der Waals surface area contributed by atoms with Crippen LogP contribution in [0.3, 0.4) is 0 Å². The average Bonchev–Trinajstić information content (AvgIpc) is 3.45. The second-order valence-corrected chi connectivity index (χ2v) is 10.4. The molecule has 0 saturated carbocycles. The van der Waals surface area contributed by atoms with Gasteiger partial charge < -0.3 is 9.84 Å². The first-order chi connectivity index (χ1) is 20.3. The molecule has 0 fully saturated rings. The number of fused-ring (bicyclic) bond motifs is 3. The molecule has 2 heteroatoms. The van der Waals surface area contributed by atoms with Crippen LogP contribution in [-0.4, -0.2) is 18.3 Å². The van der Waals surface area contributed by atoms with Crippen molar-refractivity contribution in [1.29, 1.82) is 0 Å². The summed E-state index contributed by atoms with van der Waals surface area (Å²) >= 11 is 0. The summed E-state index contributed by atoms with van der Waals surface area (Å²) in [7, 11) is 0. The topological polar surface area (TPSA) is 29.5 Å². The van der Waals surface area contributed by atoms with E-state index in [0.29, 0.717) is 0 Å². The molecule has 0 heterocycles. The minimum Gasteiger partial charge on any atom is -0.491 e. The van der Waals surface area contributed by atoms with Gasteiger partial charge in [0.15, 0.2) is 0 Å². The summed E-state index contributed by atoms with van der Waals surface area (Å²) in [5, 5.41) is 9.41. The monoisotopic (exact) mass is 530 g/mol. The van der Waals surface area contributed by atoms with Gasteiger partial charge in [0.2, 0.25) is 0 Å². The Balaban J connectivity index is 1.46. The molecule has 1 aliphatic carbocycles. The molecule has 41 heavy (non-hydrogen) atoms. The Kier molecular flexibility index (Phi) is 6.68. The van der Waals surface area contributed by atoms with Crippen LogP contribution in [0.25, 0.3) is 55.6 Å². The van der Waals surface area contributed by atoms with Gasteiger partial charge in [0, 0.05) is 5.56 Å². The molecule has 0 bridgehead atoms. The van der Waals surface area contributed by atoms with Crippen LogP contribution in [0.2, 0.25) is 0 Å². The van der Waals surface area contributed by atoms with Gasteiger partial charge in [-0.3, -0.25) is 0 Å². The van der Waals surface area contributed by atoms with Gasteiger partial charge in [0.05, 0.1) is 6.61 Å². The van der Waals surface area contributed by atoms with Crippen LogP contribution >= 0.6 is 0 Å². The molecule has 2 nitrogen and oxygen atoms in total. The molecule has 1 N–H and O–H groups in total. The fourth-order valence-electron chi connectivity index (χ4n) is 6.16. The third-order valence-electron chi connectivity index (χ3n) is 7.97. The van der Waals surface area contributed by atoms with Crippen molar-refractivity contribution < 1.29 is 9.84 Å². The third-order valence-corrected chi connectivity index (χ3v) is 7.97. The first kappa shape index (κ1) is 25.1. The minimum atomic E-state index is -0.0214. The number of aliphatic hydroxyl groups is 1. The molecular formula is C39H30O2. The molecule has 0 aromatic heterocycles. The first-order valence-corrected chi connectivity index (χ1v) is 14.1. The van der Waals surface area contributed by atoms with Gasteiger partial charge in [-0.15, -0.1) is 0 Å². The molecule has 198 valence electrons. The molecule has 0 amide bonds. The number of ether oxygens (including phenoxy) is 1. The van der Waals surface area contributed by atoms with Gasteiger partial charge >= 0.3 is 0 Å². The van der Waals surface area contributed by atoms with Crippen LogP contribution in [0.5, 0.6) is 5.75 Å². The van der Waals surface area contributed by atoms with Crippen molar-refractivity contribution in [3.05, 3.63) is 151 Å². The standard InChI is InChI=1S/C39H30O2/c40-23-24-41-37-22-19-30(25-35(37)29-15-8-3-9-16-29)32-20-21-34(28-13-6-2-7-14-28)39-36(32)26-31-17-10-18-33(38(31)39)27-11-4-1-5-12-27/h1-22,25,40H,23-24,26H2. The van der Waals surface area contributed by atoms with E-state index in [-0.39, 0.29) is 13.2 Å². The van der Waals surface area contributed by atoms with Crippen molar-refractivity contribution in [2.45, 2.75) is 6.42 Å². The summed E-state index contributed by atoms with van der Waals surface area (Å²) in [6.45, 7) is 0.240. The van der Waals surface area contributed by atoms with E-state index in [2.05, 4.69) is 115 Å². The summed E-state index contributed by atoms with van der Waals surface area (Å²) in [5.41, 5.74) is 14.9. The van der Waals surface area contributed by atoms with E-state index in [1.54, 1.807) is 0 Å². The molecule has 1 aliphatic rings. The van der Waals surface area contributed by atoms with Crippen molar-refractivity contribution in [3.63, 3.8) is 0 Å². The highest BCUT2D eigenvalue weighted by atomic mass is 16.5. The molecule has 0 saturated heterocycles. The fraction of sp³-hybridized carbons (Fsp3) is 0.0769. The van der Waals surface area contributed by atoms with Gasteiger partial charge in [-0.25, -0.2) is 0 Å². The Morgan fingerprint density at radius 2 is 1.07 bits per heavy atom. The van der Waals surface area contributed by atoms with Crippen LogP contribution in [0.4, 0.5) is 0 Å². The van der Waals surface area contributed by atoms with Gasteiger partial charge in [-0.05, 0) is 79.8 Å². The molecule has 0 aliphatic heterocycles. The third kappa shape index (κ3) is 4.63. The zero-order chi connectivity index (χ0) is 27.6. The highest BCUT2D eigenvalue weighted by Gasteiger charge is 2.28. The van der Waals surface area contributed by atoms with E-state index in [0.717, 1.165) is 28.9 Å². The number of hydrogen-bond donors (Lipinski definition) is 1. The lowest BCUT2D eigenvalue weighted by Gasteiger charge is -2.18. The molecular weight excluding hydrogens is 500 g/mol. The Morgan fingerprint density at radius 3 is 1.71 bits per heavy atom. The molecule has 0 atom stereocenters. The molecule has 6 aromatic rings. The number of benzene rings is 6. The Morgan fingerprint density at radius 1 is 0.488 bits per heavy atom. The fourth-order valence-corrected chi connectivity index (χ4v) is 6.16. The van der Waals surface area contributed by atoms with Crippen molar-refractivity contribution in [1.82, 2.24) is 0 Å². The highest BCUT2D eigenvalue weighted by molar-refractivity contribution is 6.00. The van der Waals surface area contributed by atoms with Gasteiger partial charge in [0.25, 0.3) is 0 Å². The maximum absolute atomic E-state index is 9.41. The van der Waals surface area contributed by atoms with Crippen LogP contribution < -0.4 is 4.74 Å². The summed E-state index contributed by atoms with van der Waals surface area (Å²) in [4.78, 5) is 0. The van der Waals surface area contributed by atoms with Gasteiger partial charge in [-0.1, -0.05) is 127 Å². The van der Waals surface area contributed by atoms with Crippen LogP contribution in [0.1, 0.15) is 11.1 Å². The average molecular weight is 531 g/mol. The zero-order valence-corrected chi connectivity index (χ0v) is 22.8. The second kappa shape index (κ2) is 10.9. The van der Waals surface area contributed by atoms with E-state index >= 15 is 0 Å². The lowest BCUT2D eigenvalue weighted by molar-refractivity contribution is 0.202. The van der Waals surface area contributed by atoms with E-state index in [1.165, 1.54) is 50.1 Å². The molecule has 0 radical (unpaired) electrons. The first-order valence-electron chi connectivity index (χ1n) is 14.1. The van der Waals surface area contributed by atoms with Crippen molar-refractivity contribution in [2.24, 2.45) is 0 Å². The normalized spacial score (nSPS) is 11.6. The van der Waals surface area contributed by atoms with Crippen molar-refractivity contribution >= 4 is 0 Å². The quantitative estimate of drug-likeness (QED) is 0.222. The van der Waals surface area contributed by atoms with Gasteiger partial charge in [-0.2, -0.15) is 0 Å². The van der Waals surface area contributed by atoms with E-state index in [4.69, 9.17) is 4.74 Å². The number of rotatable bonds is 7. The second-order valence-electron chi connectivity index (χ2n) is 10.4. The summed E-state index contributed by atoms with van der Waals surface area (Å²) in [5.74, 6) is 0.779. The lowest BCUT2D eigenvalue weighted by atomic mass is 9.86.